The number of aliphatic imine (C=N–C) groups is 1. The summed E-state index contributed by atoms with van der Waals surface area (Å²) in [4.78, 5) is 6.05. The molecule has 1 aromatic rings. The third-order valence-electron chi connectivity index (χ3n) is 4.09. The van der Waals surface area contributed by atoms with Crippen molar-refractivity contribution in [2.24, 2.45) is 4.99 Å². The quantitative estimate of drug-likeness (QED) is 0.836. The molecule has 1 unspecified atom stereocenters. The Bertz CT molecular complexity index is 662. The molecule has 23 heavy (non-hydrogen) atoms. The Morgan fingerprint density at radius 3 is 2.78 bits per heavy atom. The SMILES string of the molecule is C=N/C(=C\N(C)C1C=CC=C(c2cccc(C)c2)C1)C(C)(C)O. The van der Waals surface area contributed by atoms with E-state index in [9.17, 15) is 5.11 Å². The van der Waals surface area contributed by atoms with Gasteiger partial charge < -0.3 is 10.0 Å². The lowest BCUT2D eigenvalue weighted by molar-refractivity contribution is 0.116. The van der Waals surface area contributed by atoms with Gasteiger partial charge in [0, 0.05) is 13.2 Å². The summed E-state index contributed by atoms with van der Waals surface area (Å²) >= 11 is 0. The summed E-state index contributed by atoms with van der Waals surface area (Å²) in [6, 6.07) is 8.80. The molecule has 1 aliphatic rings. The second-order valence-electron chi connectivity index (χ2n) is 6.61. The number of benzene rings is 1. The second kappa shape index (κ2) is 6.97. The Morgan fingerprint density at radius 2 is 2.17 bits per heavy atom. The molecule has 1 N–H and O–H groups in total. The monoisotopic (exact) mass is 310 g/mol. The number of aryl methyl sites for hydroxylation is 1. The molecule has 0 bridgehead atoms. The van der Waals surface area contributed by atoms with Crippen LogP contribution in [0.2, 0.25) is 0 Å². The molecule has 3 heteroatoms. The van der Waals surface area contributed by atoms with Crippen molar-refractivity contribution in [1.29, 1.82) is 0 Å². The Morgan fingerprint density at radius 1 is 1.43 bits per heavy atom. The number of rotatable bonds is 5. The molecule has 122 valence electrons. The lowest BCUT2D eigenvalue weighted by atomic mass is 9.93. The molecule has 0 aliphatic heterocycles. The standard InChI is InChI=1S/C20H26N2O/c1-15-8-6-9-16(12-15)17-10-7-11-18(13-17)22(5)14-19(21-4)20(2,3)23/h6-12,14,18,23H,4,13H2,1-3,5H3/b19-14-. The van der Waals surface area contributed by atoms with E-state index in [2.05, 4.69) is 66.0 Å². The molecule has 0 saturated carbocycles. The first kappa shape index (κ1) is 17.2. The van der Waals surface area contributed by atoms with Crippen molar-refractivity contribution in [3.8, 4) is 0 Å². The number of nitrogens with zero attached hydrogens (tertiary/aromatic N) is 2. The largest absolute Gasteiger partial charge is 0.384 e. The number of hydrogen-bond acceptors (Lipinski definition) is 3. The predicted molar refractivity (Wildman–Crippen MR) is 98.4 cm³/mol. The molecule has 1 atom stereocenters. The van der Waals surface area contributed by atoms with Gasteiger partial charge in [-0.05, 0) is 45.0 Å². The lowest BCUT2D eigenvalue weighted by Gasteiger charge is -2.29. The molecule has 0 amide bonds. The fourth-order valence-electron chi connectivity index (χ4n) is 2.68. The zero-order chi connectivity index (χ0) is 17.0. The maximum atomic E-state index is 10.1. The number of likely N-dealkylation sites (N-methyl/N-ethyl adjacent to an activating group) is 1. The average Bonchev–Trinajstić information content (AvgIpc) is 2.51. The molecule has 0 aromatic heterocycles. The lowest BCUT2D eigenvalue weighted by Crippen LogP contribution is -2.30. The summed E-state index contributed by atoms with van der Waals surface area (Å²) in [5.74, 6) is 0. The van der Waals surface area contributed by atoms with Crippen LogP contribution in [0.3, 0.4) is 0 Å². The topological polar surface area (TPSA) is 35.8 Å². The van der Waals surface area contributed by atoms with Crippen LogP contribution < -0.4 is 0 Å². The van der Waals surface area contributed by atoms with Crippen molar-refractivity contribution in [3.63, 3.8) is 0 Å². The zero-order valence-corrected chi connectivity index (χ0v) is 14.5. The van der Waals surface area contributed by atoms with Crippen LogP contribution in [0, 0.1) is 6.92 Å². The van der Waals surface area contributed by atoms with Gasteiger partial charge in [-0.15, -0.1) is 0 Å². The van der Waals surface area contributed by atoms with Crippen molar-refractivity contribution in [2.45, 2.75) is 38.8 Å². The summed E-state index contributed by atoms with van der Waals surface area (Å²) in [6.45, 7) is 9.11. The van der Waals surface area contributed by atoms with Gasteiger partial charge in [0.15, 0.2) is 0 Å². The van der Waals surface area contributed by atoms with E-state index in [1.807, 2.05) is 13.2 Å². The fraction of sp³-hybridized carbons (Fsp3) is 0.350. The van der Waals surface area contributed by atoms with Gasteiger partial charge in [-0.1, -0.05) is 48.1 Å². The maximum Gasteiger partial charge on any atom is 0.102 e. The van der Waals surface area contributed by atoms with Crippen molar-refractivity contribution in [3.05, 3.63) is 65.5 Å². The molecule has 0 radical (unpaired) electrons. The first-order valence-electron chi connectivity index (χ1n) is 7.89. The third-order valence-corrected chi connectivity index (χ3v) is 4.09. The Kier molecular flexibility index (Phi) is 5.22. The van der Waals surface area contributed by atoms with Gasteiger partial charge in [-0.25, -0.2) is 0 Å². The number of hydrogen-bond donors (Lipinski definition) is 1. The molecule has 2 rings (SSSR count). The highest BCUT2D eigenvalue weighted by atomic mass is 16.3. The van der Waals surface area contributed by atoms with Gasteiger partial charge in [0.2, 0.25) is 0 Å². The van der Waals surface area contributed by atoms with E-state index >= 15 is 0 Å². The van der Waals surface area contributed by atoms with Crippen molar-refractivity contribution >= 4 is 12.3 Å². The van der Waals surface area contributed by atoms with Crippen LogP contribution >= 0.6 is 0 Å². The van der Waals surface area contributed by atoms with E-state index in [1.54, 1.807) is 13.8 Å². The molecule has 1 aromatic carbocycles. The molecule has 0 heterocycles. The summed E-state index contributed by atoms with van der Waals surface area (Å²) in [6.07, 6.45) is 9.23. The van der Waals surface area contributed by atoms with E-state index in [-0.39, 0.29) is 6.04 Å². The summed E-state index contributed by atoms with van der Waals surface area (Å²) in [5.41, 5.74) is 3.42. The molecule has 0 spiro atoms. The highest BCUT2D eigenvalue weighted by molar-refractivity contribution is 5.69. The molecule has 0 fully saturated rings. The van der Waals surface area contributed by atoms with Crippen LogP contribution in [-0.2, 0) is 0 Å². The molecular weight excluding hydrogens is 284 g/mol. The van der Waals surface area contributed by atoms with Crippen LogP contribution in [-0.4, -0.2) is 35.4 Å². The fourth-order valence-corrected chi connectivity index (χ4v) is 2.68. The molecular formula is C20H26N2O. The number of allylic oxidation sites excluding steroid dienone is 2. The van der Waals surface area contributed by atoms with E-state index in [1.165, 1.54) is 16.7 Å². The smallest absolute Gasteiger partial charge is 0.102 e. The van der Waals surface area contributed by atoms with Gasteiger partial charge in [0.05, 0.1) is 11.7 Å². The van der Waals surface area contributed by atoms with Crippen molar-refractivity contribution < 1.29 is 5.11 Å². The van der Waals surface area contributed by atoms with Crippen LogP contribution in [0.5, 0.6) is 0 Å². The van der Waals surface area contributed by atoms with Gasteiger partial charge >= 0.3 is 0 Å². The molecule has 1 aliphatic carbocycles. The van der Waals surface area contributed by atoms with E-state index in [0.29, 0.717) is 5.70 Å². The second-order valence-corrected chi connectivity index (χ2v) is 6.61. The predicted octanol–water partition coefficient (Wildman–Crippen LogP) is 3.95. The Hall–Kier alpha value is -2.13. The summed E-state index contributed by atoms with van der Waals surface area (Å²) in [7, 11) is 2.01. The molecule has 3 nitrogen and oxygen atoms in total. The summed E-state index contributed by atoms with van der Waals surface area (Å²) in [5, 5.41) is 10.1. The first-order valence-corrected chi connectivity index (χ1v) is 7.89. The minimum Gasteiger partial charge on any atom is -0.384 e. The van der Waals surface area contributed by atoms with Crippen molar-refractivity contribution in [2.75, 3.05) is 7.05 Å². The highest BCUT2D eigenvalue weighted by Gasteiger charge is 2.21. The van der Waals surface area contributed by atoms with E-state index < -0.39 is 5.60 Å². The Balaban J connectivity index is 2.18. The average molecular weight is 310 g/mol. The van der Waals surface area contributed by atoms with Crippen LogP contribution in [0.1, 0.15) is 31.4 Å². The van der Waals surface area contributed by atoms with Crippen molar-refractivity contribution in [1.82, 2.24) is 4.90 Å². The normalized spacial score (nSPS) is 18.6. The van der Waals surface area contributed by atoms with Gasteiger partial charge in [-0.3, -0.25) is 4.99 Å². The highest BCUT2D eigenvalue weighted by Crippen LogP contribution is 2.27. The first-order chi connectivity index (χ1) is 10.8. The van der Waals surface area contributed by atoms with Crippen LogP contribution in [0.25, 0.3) is 5.57 Å². The maximum absolute atomic E-state index is 10.1. The van der Waals surface area contributed by atoms with E-state index in [4.69, 9.17) is 0 Å². The molecule has 0 saturated heterocycles. The third kappa shape index (κ3) is 4.42. The Labute approximate surface area is 139 Å². The van der Waals surface area contributed by atoms with Gasteiger partial charge in [-0.2, -0.15) is 0 Å². The van der Waals surface area contributed by atoms with Crippen LogP contribution in [0.4, 0.5) is 0 Å². The minimum atomic E-state index is -0.996. The minimum absolute atomic E-state index is 0.231. The van der Waals surface area contributed by atoms with E-state index in [0.717, 1.165) is 6.42 Å². The van der Waals surface area contributed by atoms with Gasteiger partial charge in [0.1, 0.15) is 5.60 Å². The van der Waals surface area contributed by atoms with Crippen LogP contribution in [0.15, 0.2) is 59.4 Å². The summed E-state index contributed by atoms with van der Waals surface area (Å²) < 4.78 is 0. The van der Waals surface area contributed by atoms with Gasteiger partial charge in [0.25, 0.3) is 0 Å². The zero-order valence-electron chi connectivity index (χ0n) is 14.5. The number of aliphatic hydroxyl groups is 1.